The minimum Gasteiger partial charge on any atom is -0.456 e. The summed E-state index contributed by atoms with van der Waals surface area (Å²) < 4.78 is 12.8. The smallest absolute Gasteiger partial charge is 0.143 e. The molecule has 0 radical (unpaired) electrons. The van der Waals surface area contributed by atoms with Crippen LogP contribution in [0.25, 0.3) is 76.9 Å². The molecule has 8 aromatic carbocycles. The molecule has 0 spiro atoms. The number of anilines is 3. The molecule has 230 valence electrons. The SMILES string of the molecule is c1ccc(-c2ccc(N(c3ccc(-c4cccc5oc6ccccc6c45)cc3)c3ccc4c(c3)oc3c5ccccc5ccc43)cc2)cc1. The highest BCUT2D eigenvalue weighted by molar-refractivity contribution is 6.15. The van der Waals surface area contributed by atoms with Gasteiger partial charge in [0.25, 0.3) is 0 Å². The number of benzene rings is 8. The van der Waals surface area contributed by atoms with Crippen molar-refractivity contribution in [1.29, 1.82) is 0 Å². The zero-order valence-electron chi connectivity index (χ0n) is 26.5. The standard InChI is InChI=1S/C46H29NO2/c1-2-9-30(10-3-1)31-17-22-34(23-18-31)47(36-26-28-39-40-27-21-32-11-4-5-12-38(32)46(40)49-44(39)29-36)35-24-19-33(20-25-35)37-14-8-16-43-45(37)41-13-6-7-15-42(41)48-43/h1-29H. The lowest BCUT2D eigenvalue weighted by molar-refractivity contribution is 0.669. The fourth-order valence-corrected chi connectivity index (χ4v) is 7.32. The van der Waals surface area contributed by atoms with Gasteiger partial charge in [-0.2, -0.15) is 0 Å². The van der Waals surface area contributed by atoms with Gasteiger partial charge in [0, 0.05) is 50.1 Å². The summed E-state index contributed by atoms with van der Waals surface area (Å²) in [4.78, 5) is 2.30. The summed E-state index contributed by atoms with van der Waals surface area (Å²) in [6.45, 7) is 0. The quantitative estimate of drug-likeness (QED) is 0.190. The first-order valence-electron chi connectivity index (χ1n) is 16.6. The highest BCUT2D eigenvalue weighted by Gasteiger charge is 2.18. The van der Waals surface area contributed by atoms with E-state index in [0.717, 1.165) is 77.5 Å². The van der Waals surface area contributed by atoms with E-state index in [9.17, 15) is 0 Å². The van der Waals surface area contributed by atoms with E-state index in [1.165, 1.54) is 16.5 Å². The Kier molecular flexibility index (Phi) is 6.18. The molecule has 0 atom stereocenters. The van der Waals surface area contributed by atoms with Crippen LogP contribution in [-0.2, 0) is 0 Å². The van der Waals surface area contributed by atoms with Crippen LogP contribution < -0.4 is 4.90 Å². The minimum atomic E-state index is 0.866. The molecule has 49 heavy (non-hydrogen) atoms. The molecule has 10 rings (SSSR count). The van der Waals surface area contributed by atoms with Gasteiger partial charge in [0.2, 0.25) is 0 Å². The first-order chi connectivity index (χ1) is 24.3. The topological polar surface area (TPSA) is 29.5 Å². The first-order valence-corrected chi connectivity index (χ1v) is 16.6. The Morgan fingerprint density at radius 3 is 1.80 bits per heavy atom. The second kappa shape index (κ2) is 11.0. The van der Waals surface area contributed by atoms with Gasteiger partial charge in [0.1, 0.15) is 22.3 Å². The van der Waals surface area contributed by atoms with Crippen molar-refractivity contribution in [2.75, 3.05) is 4.90 Å². The molecule has 2 aromatic heterocycles. The maximum absolute atomic E-state index is 6.62. The normalized spacial score (nSPS) is 11.7. The number of hydrogen-bond acceptors (Lipinski definition) is 3. The molecule has 3 nitrogen and oxygen atoms in total. The summed E-state index contributed by atoms with van der Waals surface area (Å²) in [5.41, 5.74) is 11.4. The van der Waals surface area contributed by atoms with Gasteiger partial charge in [-0.15, -0.1) is 0 Å². The lowest BCUT2D eigenvalue weighted by Crippen LogP contribution is -2.09. The predicted molar refractivity (Wildman–Crippen MR) is 204 cm³/mol. The van der Waals surface area contributed by atoms with Crippen LogP contribution in [0.4, 0.5) is 17.1 Å². The second-order valence-corrected chi connectivity index (χ2v) is 12.5. The Morgan fingerprint density at radius 2 is 0.980 bits per heavy atom. The van der Waals surface area contributed by atoms with E-state index in [1.54, 1.807) is 0 Å². The van der Waals surface area contributed by atoms with Gasteiger partial charge in [0.15, 0.2) is 0 Å². The van der Waals surface area contributed by atoms with Crippen LogP contribution in [0.5, 0.6) is 0 Å². The second-order valence-electron chi connectivity index (χ2n) is 12.5. The largest absolute Gasteiger partial charge is 0.456 e. The fourth-order valence-electron chi connectivity index (χ4n) is 7.32. The third-order valence-electron chi connectivity index (χ3n) is 9.68. The Morgan fingerprint density at radius 1 is 0.347 bits per heavy atom. The van der Waals surface area contributed by atoms with Crippen LogP contribution in [0.2, 0.25) is 0 Å². The molecule has 2 heterocycles. The number of fused-ring (bicyclic) bond motifs is 8. The lowest BCUT2D eigenvalue weighted by Gasteiger charge is -2.26. The zero-order valence-corrected chi connectivity index (χ0v) is 26.5. The van der Waals surface area contributed by atoms with Gasteiger partial charge >= 0.3 is 0 Å². The molecule has 0 N–H and O–H groups in total. The van der Waals surface area contributed by atoms with Crippen molar-refractivity contribution in [2.45, 2.75) is 0 Å². The molecule has 0 saturated heterocycles. The number of para-hydroxylation sites is 1. The van der Waals surface area contributed by atoms with Crippen LogP contribution in [0.3, 0.4) is 0 Å². The van der Waals surface area contributed by atoms with Crippen molar-refractivity contribution in [2.24, 2.45) is 0 Å². The van der Waals surface area contributed by atoms with Crippen molar-refractivity contribution in [3.8, 4) is 22.3 Å². The van der Waals surface area contributed by atoms with Crippen molar-refractivity contribution in [3.63, 3.8) is 0 Å². The molecule has 0 aliphatic heterocycles. The van der Waals surface area contributed by atoms with Crippen LogP contribution in [0, 0.1) is 0 Å². The maximum atomic E-state index is 6.62. The summed E-state index contributed by atoms with van der Waals surface area (Å²) in [5, 5.41) is 6.81. The highest BCUT2D eigenvalue weighted by atomic mass is 16.3. The molecule has 10 aromatic rings. The Balaban J connectivity index is 1.11. The van der Waals surface area contributed by atoms with Crippen molar-refractivity contribution >= 4 is 71.7 Å². The van der Waals surface area contributed by atoms with Gasteiger partial charge < -0.3 is 13.7 Å². The van der Waals surface area contributed by atoms with Crippen molar-refractivity contribution in [1.82, 2.24) is 0 Å². The summed E-state index contributed by atoms with van der Waals surface area (Å²) in [5.74, 6) is 0. The Bertz CT molecular complexity index is 2810. The van der Waals surface area contributed by atoms with E-state index in [0.29, 0.717) is 0 Å². The van der Waals surface area contributed by atoms with E-state index in [1.807, 2.05) is 18.2 Å². The number of hydrogen-bond donors (Lipinski definition) is 0. The predicted octanol–water partition coefficient (Wildman–Crippen LogP) is 13.4. The molecule has 0 bridgehead atoms. The third kappa shape index (κ3) is 4.51. The summed E-state index contributed by atoms with van der Waals surface area (Å²) in [6, 6.07) is 62.0. The monoisotopic (exact) mass is 627 g/mol. The first kappa shape index (κ1) is 27.5. The average molecular weight is 628 g/mol. The number of furan rings is 2. The summed E-state index contributed by atoms with van der Waals surface area (Å²) in [7, 11) is 0. The minimum absolute atomic E-state index is 0.866. The Labute approximate surface area is 282 Å². The number of rotatable bonds is 5. The molecule has 0 unspecified atom stereocenters. The van der Waals surface area contributed by atoms with Gasteiger partial charge in [-0.05, 0) is 82.2 Å². The molecule has 0 fully saturated rings. The van der Waals surface area contributed by atoms with E-state index in [4.69, 9.17) is 8.83 Å². The number of nitrogens with zero attached hydrogens (tertiary/aromatic N) is 1. The molecule has 0 amide bonds. The molecule has 0 aliphatic rings. The van der Waals surface area contributed by atoms with E-state index >= 15 is 0 Å². The van der Waals surface area contributed by atoms with E-state index < -0.39 is 0 Å². The fraction of sp³-hybridized carbons (Fsp3) is 0. The Hall–Kier alpha value is -6.58. The zero-order chi connectivity index (χ0) is 32.3. The maximum Gasteiger partial charge on any atom is 0.143 e. The van der Waals surface area contributed by atoms with Gasteiger partial charge in [-0.1, -0.05) is 115 Å². The third-order valence-corrected chi connectivity index (χ3v) is 9.68. The van der Waals surface area contributed by atoms with Gasteiger partial charge in [-0.3, -0.25) is 0 Å². The van der Waals surface area contributed by atoms with Crippen LogP contribution in [0.1, 0.15) is 0 Å². The molecule has 0 aliphatic carbocycles. The van der Waals surface area contributed by atoms with Crippen LogP contribution in [0.15, 0.2) is 185 Å². The van der Waals surface area contributed by atoms with Crippen LogP contribution >= 0.6 is 0 Å². The van der Waals surface area contributed by atoms with E-state index in [2.05, 4.69) is 163 Å². The molecule has 0 saturated carbocycles. The van der Waals surface area contributed by atoms with Crippen LogP contribution in [-0.4, -0.2) is 0 Å². The van der Waals surface area contributed by atoms with Crippen molar-refractivity contribution in [3.05, 3.63) is 176 Å². The van der Waals surface area contributed by atoms with Crippen molar-refractivity contribution < 1.29 is 8.83 Å². The summed E-state index contributed by atoms with van der Waals surface area (Å²) >= 11 is 0. The molecular weight excluding hydrogens is 599 g/mol. The van der Waals surface area contributed by atoms with Gasteiger partial charge in [-0.25, -0.2) is 0 Å². The summed E-state index contributed by atoms with van der Waals surface area (Å²) in [6.07, 6.45) is 0. The molecule has 3 heteroatoms. The average Bonchev–Trinajstić information content (AvgIpc) is 3.74. The molecular formula is C46H29NO2. The van der Waals surface area contributed by atoms with Gasteiger partial charge in [0.05, 0.1) is 0 Å². The highest BCUT2D eigenvalue weighted by Crippen LogP contribution is 2.42. The lowest BCUT2D eigenvalue weighted by atomic mass is 9.99. The van der Waals surface area contributed by atoms with E-state index in [-0.39, 0.29) is 0 Å².